The highest BCUT2D eigenvalue weighted by molar-refractivity contribution is 7.20. The van der Waals surface area contributed by atoms with E-state index in [1.165, 1.54) is 16.9 Å². The molecular formula is C13H15Cl2N3OS. The molecule has 0 saturated carbocycles. The topological polar surface area (TPSA) is 46.9 Å². The Hall–Kier alpha value is -1.04. The number of carbonyl (C=O) groups excluding carboxylic acids is 1. The third-order valence-electron chi connectivity index (χ3n) is 3.22. The van der Waals surface area contributed by atoms with E-state index in [0.717, 1.165) is 17.8 Å². The number of hydrogen-bond donors (Lipinski definition) is 1. The first-order valence-electron chi connectivity index (χ1n) is 6.12. The van der Waals surface area contributed by atoms with Gasteiger partial charge in [0.15, 0.2) is 0 Å². The Labute approximate surface area is 131 Å². The van der Waals surface area contributed by atoms with Crippen molar-refractivity contribution in [2.45, 2.75) is 20.3 Å². The lowest BCUT2D eigenvalue weighted by molar-refractivity contribution is 0.0954. The number of nitrogens with zero attached hydrogens (tertiary/aromatic N) is 2. The van der Waals surface area contributed by atoms with Crippen LogP contribution in [0.4, 0.5) is 0 Å². The maximum atomic E-state index is 12.0. The van der Waals surface area contributed by atoms with Crippen LogP contribution in [0, 0.1) is 13.8 Å². The highest BCUT2D eigenvalue weighted by Crippen LogP contribution is 2.30. The second-order valence-electron chi connectivity index (χ2n) is 4.52. The second kappa shape index (κ2) is 6.16. The van der Waals surface area contributed by atoms with Crippen LogP contribution in [-0.4, -0.2) is 22.2 Å². The molecule has 0 aliphatic rings. The number of hydrogen-bond acceptors (Lipinski definition) is 3. The van der Waals surface area contributed by atoms with E-state index in [2.05, 4.69) is 10.4 Å². The largest absolute Gasteiger partial charge is 0.352 e. The SMILES string of the molecule is Cc1nn(C)c(C)c1CCNC(=O)c1cc(Cl)sc1Cl. The quantitative estimate of drug-likeness (QED) is 0.933. The van der Waals surface area contributed by atoms with Gasteiger partial charge in [-0.1, -0.05) is 23.2 Å². The first kappa shape index (κ1) is 15.4. The van der Waals surface area contributed by atoms with E-state index >= 15 is 0 Å². The molecule has 108 valence electrons. The highest BCUT2D eigenvalue weighted by atomic mass is 35.5. The number of rotatable bonds is 4. The first-order valence-corrected chi connectivity index (χ1v) is 7.69. The number of thiophene rings is 1. The fourth-order valence-electron chi connectivity index (χ4n) is 2.07. The summed E-state index contributed by atoms with van der Waals surface area (Å²) in [5.74, 6) is -0.197. The van der Waals surface area contributed by atoms with E-state index in [9.17, 15) is 4.79 Å². The molecular weight excluding hydrogens is 317 g/mol. The summed E-state index contributed by atoms with van der Waals surface area (Å²) in [5, 5.41) is 7.20. The van der Waals surface area contributed by atoms with Gasteiger partial charge in [-0.3, -0.25) is 9.48 Å². The van der Waals surface area contributed by atoms with Gasteiger partial charge in [0, 0.05) is 19.3 Å². The zero-order valence-corrected chi connectivity index (χ0v) is 13.8. The Morgan fingerprint density at radius 3 is 2.65 bits per heavy atom. The lowest BCUT2D eigenvalue weighted by Gasteiger charge is -2.05. The molecule has 2 heterocycles. The van der Waals surface area contributed by atoms with Gasteiger partial charge in [-0.05, 0) is 31.9 Å². The predicted molar refractivity (Wildman–Crippen MR) is 83.1 cm³/mol. The summed E-state index contributed by atoms with van der Waals surface area (Å²) < 4.78 is 2.78. The van der Waals surface area contributed by atoms with Gasteiger partial charge in [-0.2, -0.15) is 5.10 Å². The smallest absolute Gasteiger partial charge is 0.253 e. The van der Waals surface area contributed by atoms with Gasteiger partial charge in [0.1, 0.15) is 4.34 Å². The Balaban J connectivity index is 1.96. The zero-order chi connectivity index (χ0) is 14.9. The van der Waals surface area contributed by atoms with Crippen LogP contribution >= 0.6 is 34.5 Å². The van der Waals surface area contributed by atoms with E-state index in [1.54, 1.807) is 6.07 Å². The molecule has 0 atom stereocenters. The van der Waals surface area contributed by atoms with Crippen LogP contribution in [0.15, 0.2) is 6.07 Å². The van der Waals surface area contributed by atoms with Crippen LogP contribution in [0.1, 0.15) is 27.3 Å². The molecule has 0 bridgehead atoms. The monoisotopic (exact) mass is 331 g/mol. The number of amides is 1. The molecule has 1 amide bonds. The minimum absolute atomic E-state index is 0.197. The van der Waals surface area contributed by atoms with Gasteiger partial charge < -0.3 is 5.32 Å². The van der Waals surface area contributed by atoms with Gasteiger partial charge in [0.05, 0.1) is 15.6 Å². The number of halogens is 2. The number of nitrogens with one attached hydrogen (secondary N) is 1. The lowest BCUT2D eigenvalue weighted by atomic mass is 10.1. The maximum absolute atomic E-state index is 12.0. The Kier molecular flexibility index (Phi) is 4.73. The first-order chi connectivity index (χ1) is 9.40. The lowest BCUT2D eigenvalue weighted by Crippen LogP contribution is -2.25. The van der Waals surface area contributed by atoms with Crippen molar-refractivity contribution in [3.63, 3.8) is 0 Å². The molecule has 0 radical (unpaired) electrons. The van der Waals surface area contributed by atoms with Crippen LogP contribution < -0.4 is 5.32 Å². The van der Waals surface area contributed by atoms with Crippen LogP contribution in [0.5, 0.6) is 0 Å². The minimum Gasteiger partial charge on any atom is -0.352 e. The van der Waals surface area contributed by atoms with Crippen molar-refractivity contribution in [3.8, 4) is 0 Å². The summed E-state index contributed by atoms with van der Waals surface area (Å²) in [4.78, 5) is 12.0. The molecule has 7 heteroatoms. The molecule has 2 aromatic rings. The average Bonchev–Trinajstić information content (AvgIpc) is 2.82. The fourth-order valence-corrected chi connectivity index (χ4v) is 3.53. The second-order valence-corrected chi connectivity index (χ2v) is 6.80. The average molecular weight is 332 g/mol. The highest BCUT2D eigenvalue weighted by Gasteiger charge is 2.14. The number of carbonyl (C=O) groups is 1. The van der Waals surface area contributed by atoms with E-state index in [-0.39, 0.29) is 5.91 Å². The van der Waals surface area contributed by atoms with Crippen LogP contribution in [0.2, 0.25) is 8.67 Å². The molecule has 0 spiro atoms. The molecule has 2 aromatic heterocycles. The molecule has 0 unspecified atom stereocenters. The van der Waals surface area contributed by atoms with Crippen molar-refractivity contribution in [2.75, 3.05) is 6.54 Å². The summed E-state index contributed by atoms with van der Waals surface area (Å²) in [5.41, 5.74) is 3.72. The predicted octanol–water partition coefficient (Wildman–Crippen LogP) is 3.38. The van der Waals surface area contributed by atoms with Crippen molar-refractivity contribution in [1.29, 1.82) is 0 Å². The Morgan fingerprint density at radius 1 is 1.45 bits per heavy atom. The Morgan fingerprint density at radius 2 is 2.15 bits per heavy atom. The normalized spacial score (nSPS) is 10.8. The molecule has 2 rings (SSSR count). The fraction of sp³-hybridized carbons (Fsp3) is 0.385. The zero-order valence-electron chi connectivity index (χ0n) is 11.5. The maximum Gasteiger partial charge on any atom is 0.253 e. The molecule has 0 fully saturated rings. The van der Waals surface area contributed by atoms with E-state index < -0.39 is 0 Å². The number of aromatic nitrogens is 2. The van der Waals surface area contributed by atoms with Gasteiger partial charge in [0.25, 0.3) is 5.91 Å². The standard InChI is InChI=1S/C13H15Cl2N3OS/c1-7-9(8(2)18(3)17-7)4-5-16-13(19)10-6-11(14)20-12(10)15/h6H,4-5H2,1-3H3,(H,16,19). The van der Waals surface area contributed by atoms with Crippen LogP contribution in [0.25, 0.3) is 0 Å². The van der Waals surface area contributed by atoms with E-state index in [0.29, 0.717) is 20.8 Å². The summed E-state index contributed by atoms with van der Waals surface area (Å²) in [6.45, 7) is 4.53. The summed E-state index contributed by atoms with van der Waals surface area (Å²) >= 11 is 13.0. The van der Waals surface area contributed by atoms with Gasteiger partial charge >= 0.3 is 0 Å². The van der Waals surface area contributed by atoms with Crippen LogP contribution in [-0.2, 0) is 13.5 Å². The molecule has 0 aromatic carbocycles. The molecule has 20 heavy (non-hydrogen) atoms. The van der Waals surface area contributed by atoms with Crippen molar-refractivity contribution >= 4 is 40.4 Å². The van der Waals surface area contributed by atoms with Crippen molar-refractivity contribution in [3.05, 3.63) is 37.3 Å². The summed E-state index contributed by atoms with van der Waals surface area (Å²) in [6.07, 6.45) is 0.743. The number of aryl methyl sites for hydroxylation is 2. The van der Waals surface area contributed by atoms with Crippen molar-refractivity contribution in [2.24, 2.45) is 7.05 Å². The summed E-state index contributed by atoms with van der Waals surface area (Å²) in [6, 6.07) is 1.59. The summed E-state index contributed by atoms with van der Waals surface area (Å²) in [7, 11) is 1.91. The molecule has 0 aliphatic carbocycles. The van der Waals surface area contributed by atoms with E-state index in [4.69, 9.17) is 23.2 Å². The molecule has 0 saturated heterocycles. The third kappa shape index (κ3) is 3.16. The third-order valence-corrected chi connectivity index (χ3v) is 4.71. The van der Waals surface area contributed by atoms with Crippen LogP contribution in [0.3, 0.4) is 0 Å². The van der Waals surface area contributed by atoms with Gasteiger partial charge in [0.2, 0.25) is 0 Å². The Bertz CT molecular complexity index is 648. The van der Waals surface area contributed by atoms with E-state index in [1.807, 2.05) is 25.6 Å². The van der Waals surface area contributed by atoms with Gasteiger partial charge in [-0.25, -0.2) is 0 Å². The molecule has 4 nitrogen and oxygen atoms in total. The van der Waals surface area contributed by atoms with Crippen molar-refractivity contribution < 1.29 is 4.79 Å². The minimum atomic E-state index is -0.197. The molecule has 0 aliphatic heterocycles. The van der Waals surface area contributed by atoms with Crippen molar-refractivity contribution in [1.82, 2.24) is 15.1 Å². The van der Waals surface area contributed by atoms with Gasteiger partial charge in [-0.15, -0.1) is 11.3 Å². The molecule has 1 N–H and O–H groups in total.